The summed E-state index contributed by atoms with van der Waals surface area (Å²) in [7, 11) is 0. The number of hydrogen-bond donors (Lipinski definition) is 0. The Labute approximate surface area is 136 Å². The summed E-state index contributed by atoms with van der Waals surface area (Å²) in [4.78, 5) is 8.76. The molecule has 0 spiro atoms. The number of nitrogens with zero attached hydrogens (tertiary/aromatic N) is 2. The Balaban J connectivity index is 2.30. The van der Waals surface area contributed by atoms with Gasteiger partial charge in [-0.1, -0.05) is 11.6 Å². The van der Waals surface area contributed by atoms with Crippen molar-refractivity contribution >= 4 is 45.1 Å². The van der Waals surface area contributed by atoms with Crippen molar-refractivity contribution in [3.63, 3.8) is 0 Å². The second-order valence-corrected chi connectivity index (χ2v) is 6.32. The molecule has 2 aromatic carbocycles. The van der Waals surface area contributed by atoms with Gasteiger partial charge in [-0.3, -0.25) is 0 Å². The van der Waals surface area contributed by atoms with E-state index in [9.17, 15) is 0 Å². The largest absolute Gasteiger partial charge is 0.236 e. The second kappa shape index (κ2) is 5.30. The molecule has 0 unspecified atom stereocenters. The van der Waals surface area contributed by atoms with Crippen molar-refractivity contribution in [2.45, 2.75) is 13.8 Å². The molecule has 0 aliphatic heterocycles. The van der Waals surface area contributed by atoms with Crippen LogP contribution < -0.4 is 0 Å². The molecule has 2 nitrogen and oxygen atoms in total. The minimum Gasteiger partial charge on any atom is -0.236 e. The summed E-state index contributed by atoms with van der Waals surface area (Å²) in [6, 6.07) is 10.1. The molecule has 4 heteroatoms. The quantitative estimate of drug-likeness (QED) is 0.532. The monoisotopic (exact) mass is 394 g/mol. The molecule has 3 aromatic rings. The van der Waals surface area contributed by atoms with Crippen LogP contribution >= 0.6 is 34.2 Å². The minimum atomic E-state index is 0.692. The molecule has 0 aliphatic carbocycles. The van der Waals surface area contributed by atoms with Crippen molar-refractivity contribution in [1.82, 2.24) is 9.97 Å². The summed E-state index contributed by atoms with van der Waals surface area (Å²) in [5.41, 5.74) is 5.48. The lowest BCUT2D eigenvalue weighted by Gasteiger charge is -2.09. The van der Waals surface area contributed by atoms with Crippen molar-refractivity contribution in [3.05, 3.63) is 56.4 Å². The number of hydrogen-bond acceptors (Lipinski definition) is 2. The smallest absolute Gasteiger partial charge is 0.116 e. The van der Waals surface area contributed by atoms with Crippen molar-refractivity contribution in [1.29, 1.82) is 0 Å². The molecule has 0 bridgehead atoms. The lowest BCUT2D eigenvalue weighted by molar-refractivity contribution is 1.22. The molecule has 0 saturated carbocycles. The summed E-state index contributed by atoms with van der Waals surface area (Å²) >= 11 is 8.40. The maximum atomic E-state index is 6.03. The molecule has 0 saturated heterocycles. The first-order valence-electron chi connectivity index (χ1n) is 6.23. The van der Waals surface area contributed by atoms with Crippen molar-refractivity contribution < 1.29 is 0 Å². The van der Waals surface area contributed by atoms with Gasteiger partial charge in [-0.15, -0.1) is 0 Å². The first-order chi connectivity index (χ1) is 9.56. The molecule has 0 N–H and O–H groups in total. The summed E-state index contributed by atoms with van der Waals surface area (Å²) in [6.45, 7) is 4.25. The Bertz CT molecular complexity index is 792. The molecule has 0 amide bonds. The predicted molar refractivity (Wildman–Crippen MR) is 92.2 cm³/mol. The third kappa shape index (κ3) is 2.40. The fourth-order valence-electron chi connectivity index (χ4n) is 2.34. The molecule has 0 radical (unpaired) electrons. The molecule has 1 aromatic heterocycles. The van der Waals surface area contributed by atoms with Crippen LogP contribution in [0.25, 0.3) is 22.2 Å². The Kier molecular flexibility index (Phi) is 3.65. The van der Waals surface area contributed by atoms with E-state index in [4.69, 9.17) is 11.6 Å². The average molecular weight is 395 g/mol. The standard InChI is InChI=1S/C16H12ClIN2/c1-9-5-11(6-10(2)15(9)18)16-13-4-3-12(17)7-14(13)19-8-20-16/h3-8H,1-2H3. The highest BCUT2D eigenvalue weighted by atomic mass is 127. The van der Waals surface area contributed by atoms with E-state index >= 15 is 0 Å². The van der Waals surface area contributed by atoms with Crippen LogP contribution in [0.3, 0.4) is 0 Å². The zero-order valence-electron chi connectivity index (χ0n) is 11.1. The molecular formula is C16H12ClIN2. The second-order valence-electron chi connectivity index (χ2n) is 4.81. The number of fused-ring (bicyclic) bond motifs is 1. The van der Waals surface area contributed by atoms with E-state index in [1.807, 2.05) is 18.2 Å². The van der Waals surface area contributed by atoms with Crippen LogP contribution in [0.1, 0.15) is 11.1 Å². The SMILES string of the molecule is Cc1cc(-c2ncnc3cc(Cl)ccc23)cc(C)c1I. The third-order valence-corrected chi connectivity index (χ3v) is 5.25. The highest BCUT2D eigenvalue weighted by Crippen LogP contribution is 2.30. The Morgan fingerprint density at radius 3 is 2.40 bits per heavy atom. The Morgan fingerprint density at radius 1 is 1.00 bits per heavy atom. The van der Waals surface area contributed by atoms with E-state index in [0.717, 1.165) is 22.2 Å². The Morgan fingerprint density at radius 2 is 1.70 bits per heavy atom. The normalized spacial score (nSPS) is 11.0. The van der Waals surface area contributed by atoms with Crippen molar-refractivity contribution in [2.24, 2.45) is 0 Å². The maximum absolute atomic E-state index is 6.03. The fraction of sp³-hybridized carbons (Fsp3) is 0.125. The highest BCUT2D eigenvalue weighted by molar-refractivity contribution is 14.1. The molecule has 3 rings (SSSR count). The number of aromatic nitrogens is 2. The summed E-state index contributed by atoms with van der Waals surface area (Å²) in [5, 5.41) is 1.72. The maximum Gasteiger partial charge on any atom is 0.116 e. The van der Waals surface area contributed by atoms with Crippen LogP contribution in [0.15, 0.2) is 36.7 Å². The lowest BCUT2D eigenvalue weighted by Crippen LogP contribution is -1.93. The summed E-state index contributed by atoms with van der Waals surface area (Å²) < 4.78 is 1.30. The van der Waals surface area contributed by atoms with Crippen LogP contribution in [-0.2, 0) is 0 Å². The van der Waals surface area contributed by atoms with Crippen LogP contribution in [0.2, 0.25) is 5.02 Å². The van der Waals surface area contributed by atoms with Crippen LogP contribution in [-0.4, -0.2) is 9.97 Å². The van der Waals surface area contributed by atoms with E-state index in [0.29, 0.717) is 5.02 Å². The highest BCUT2D eigenvalue weighted by Gasteiger charge is 2.09. The number of benzene rings is 2. The fourth-order valence-corrected chi connectivity index (χ4v) is 2.82. The van der Waals surface area contributed by atoms with Gasteiger partial charge < -0.3 is 0 Å². The third-order valence-electron chi connectivity index (χ3n) is 3.31. The average Bonchev–Trinajstić information content (AvgIpc) is 2.43. The van der Waals surface area contributed by atoms with E-state index in [2.05, 4.69) is 58.5 Å². The summed E-state index contributed by atoms with van der Waals surface area (Å²) in [5.74, 6) is 0. The minimum absolute atomic E-state index is 0.692. The molecule has 1 heterocycles. The van der Waals surface area contributed by atoms with E-state index in [1.165, 1.54) is 14.7 Å². The van der Waals surface area contributed by atoms with Gasteiger partial charge in [0.2, 0.25) is 0 Å². The zero-order valence-corrected chi connectivity index (χ0v) is 14.0. The summed E-state index contributed by atoms with van der Waals surface area (Å²) in [6.07, 6.45) is 1.59. The van der Waals surface area contributed by atoms with Crippen molar-refractivity contribution in [2.75, 3.05) is 0 Å². The number of halogens is 2. The van der Waals surface area contributed by atoms with E-state index in [-0.39, 0.29) is 0 Å². The van der Waals surface area contributed by atoms with Gasteiger partial charge in [0, 0.05) is 19.5 Å². The molecule has 0 fully saturated rings. The molecule has 100 valence electrons. The van der Waals surface area contributed by atoms with Crippen LogP contribution in [0, 0.1) is 17.4 Å². The predicted octanol–water partition coefficient (Wildman–Crippen LogP) is 5.17. The van der Waals surface area contributed by atoms with Gasteiger partial charge in [-0.25, -0.2) is 9.97 Å². The zero-order chi connectivity index (χ0) is 14.3. The van der Waals surface area contributed by atoms with Crippen LogP contribution in [0.4, 0.5) is 0 Å². The first kappa shape index (κ1) is 13.8. The molecule has 20 heavy (non-hydrogen) atoms. The molecule has 0 aliphatic rings. The molecule has 0 atom stereocenters. The van der Waals surface area contributed by atoms with Gasteiger partial charge in [0.15, 0.2) is 0 Å². The van der Waals surface area contributed by atoms with Crippen molar-refractivity contribution in [3.8, 4) is 11.3 Å². The van der Waals surface area contributed by atoms with Gasteiger partial charge >= 0.3 is 0 Å². The van der Waals surface area contributed by atoms with Gasteiger partial charge in [0.05, 0.1) is 11.2 Å². The Hall–Kier alpha value is -1.20. The number of aryl methyl sites for hydroxylation is 2. The van der Waals surface area contributed by atoms with Gasteiger partial charge in [0.25, 0.3) is 0 Å². The van der Waals surface area contributed by atoms with Crippen LogP contribution in [0.5, 0.6) is 0 Å². The number of rotatable bonds is 1. The topological polar surface area (TPSA) is 25.8 Å². The first-order valence-corrected chi connectivity index (χ1v) is 7.69. The van der Waals surface area contributed by atoms with Gasteiger partial charge in [0.1, 0.15) is 6.33 Å². The molecular weight excluding hydrogens is 383 g/mol. The van der Waals surface area contributed by atoms with Gasteiger partial charge in [-0.2, -0.15) is 0 Å². The van der Waals surface area contributed by atoms with Gasteiger partial charge in [-0.05, 0) is 77.9 Å². The lowest BCUT2D eigenvalue weighted by atomic mass is 10.0. The van der Waals surface area contributed by atoms with E-state index in [1.54, 1.807) is 6.33 Å². The van der Waals surface area contributed by atoms with E-state index < -0.39 is 0 Å².